The number of hydrogen-bond donors (Lipinski definition) is 0. The Balaban J connectivity index is 1.57. The molecule has 1 fully saturated rings. The molecule has 1 aliphatic rings. The fraction of sp³-hybridized carbons (Fsp3) is 0.424. The fourth-order valence-corrected chi connectivity index (χ4v) is 5.38. The van der Waals surface area contributed by atoms with Crippen molar-refractivity contribution in [1.29, 1.82) is 0 Å². The molecule has 0 bridgehead atoms. The van der Waals surface area contributed by atoms with Crippen LogP contribution in [0.4, 0.5) is 16.4 Å². The number of ether oxygens (including phenoxy) is 3. The highest BCUT2D eigenvalue weighted by Crippen LogP contribution is 2.34. The second-order valence-corrected chi connectivity index (χ2v) is 12.2. The minimum absolute atomic E-state index is 0.0655. The van der Waals surface area contributed by atoms with E-state index in [2.05, 4.69) is 27.1 Å². The summed E-state index contributed by atoms with van der Waals surface area (Å²) in [7, 11) is 0. The van der Waals surface area contributed by atoms with E-state index in [9.17, 15) is 19.7 Å². The molecule has 0 atom stereocenters. The van der Waals surface area contributed by atoms with Gasteiger partial charge in [0.2, 0.25) is 5.95 Å². The molecule has 13 nitrogen and oxygen atoms in total. The summed E-state index contributed by atoms with van der Waals surface area (Å²) in [5.74, 6) is 0.0181. The number of benzene rings is 2. The van der Waals surface area contributed by atoms with Gasteiger partial charge in [-0.25, -0.2) is 14.7 Å². The highest BCUT2D eigenvalue weighted by atomic mass is 16.6. The summed E-state index contributed by atoms with van der Waals surface area (Å²) < 4.78 is 18.4. The molecule has 2 aromatic heterocycles. The average Bonchev–Trinajstić information content (AvgIpc) is 3.42. The molecule has 1 saturated carbocycles. The summed E-state index contributed by atoms with van der Waals surface area (Å²) in [5.41, 5.74) is 1.48. The second kappa shape index (κ2) is 13.9. The van der Waals surface area contributed by atoms with Crippen molar-refractivity contribution < 1.29 is 28.7 Å². The van der Waals surface area contributed by atoms with Gasteiger partial charge in [-0.05, 0) is 63.6 Å². The quantitative estimate of drug-likeness (QED) is 0.101. The van der Waals surface area contributed by atoms with Gasteiger partial charge >= 0.3 is 12.1 Å². The van der Waals surface area contributed by atoms with Crippen molar-refractivity contribution in [2.45, 2.75) is 84.4 Å². The number of nitrogens with zero attached hydrogens (tertiary/aromatic N) is 6. The Morgan fingerprint density at radius 2 is 1.80 bits per heavy atom. The van der Waals surface area contributed by atoms with Crippen molar-refractivity contribution in [3.63, 3.8) is 0 Å². The van der Waals surface area contributed by atoms with Crippen LogP contribution in [0.1, 0.15) is 76.8 Å². The van der Waals surface area contributed by atoms with Gasteiger partial charge in [-0.1, -0.05) is 49.6 Å². The molecular weight excluding hydrogens is 592 g/mol. The van der Waals surface area contributed by atoms with Crippen LogP contribution in [0.25, 0.3) is 11.2 Å². The van der Waals surface area contributed by atoms with Crippen LogP contribution >= 0.6 is 0 Å². The molecule has 0 aliphatic heterocycles. The SMILES string of the molecule is CCOC(=O)Cn1cnc2c(Oc3cccc([N+](=O)[O-])c3)nc(N(Cc3ccc(C4CCCCC4)cc3)C(=O)OC(C)(C)C)nc21. The van der Waals surface area contributed by atoms with Crippen LogP contribution in [0.2, 0.25) is 0 Å². The van der Waals surface area contributed by atoms with Crippen molar-refractivity contribution in [3.05, 3.63) is 76.1 Å². The van der Waals surface area contributed by atoms with Crippen molar-refractivity contribution in [2.24, 2.45) is 0 Å². The number of amides is 1. The Kier molecular flexibility index (Phi) is 9.78. The zero-order valence-electron chi connectivity index (χ0n) is 26.5. The lowest BCUT2D eigenvalue weighted by molar-refractivity contribution is -0.384. The smallest absolute Gasteiger partial charge is 0.417 e. The van der Waals surface area contributed by atoms with Crippen LogP contribution in [-0.4, -0.2) is 48.7 Å². The maximum absolute atomic E-state index is 13.7. The molecule has 0 N–H and O–H groups in total. The monoisotopic (exact) mass is 630 g/mol. The largest absolute Gasteiger partial charge is 0.465 e. The molecule has 242 valence electrons. The third-order valence-electron chi connectivity index (χ3n) is 7.52. The highest BCUT2D eigenvalue weighted by molar-refractivity contribution is 5.88. The lowest BCUT2D eigenvalue weighted by atomic mass is 9.84. The molecule has 0 spiro atoms. The first-order chi connectivity index (χ1) is 22.0. The minimum Gasteiger partial charge on any atom is -0.465 e. The zero-order valence-corrected chi connectivity index (χ0v) is 26.5. The highest BCUT2D eigenvalue weighted by Gasteiger charge is 2.29. The van der Waals surface area contributed by atoms with E-state index in [4.69, 9.17) is 14.2 Å². The van der Waals surface area contributed by atoms with Gasteiger partial charge in [0.25, 0.3) is 11.6 Å². The van der Waals surface area contributed by atoms with E-state index in [1.54, 1.807) is 27.7 Å². The van der Waals surface area contributed by atoms with Gasteiger partial charge in [0, 0.05) is 6.07 Å². The van der Waals surface area contributed by atoms with Gasteiger partial charge in [0.1, 0.15) is 17.9 Å². The maximum atomic E-state index is 13.7. The molecule has 2 aromatic carbocycles. The number of non-ortho nitro benzene ring substituents is 1. The lowest BCUT2D eigenvalue weighted by Crippen LogP contribution is -2.37. The third kappa shape index (κ3) is 7.95. The first-order valence-corrected chi connectivity index (χ1v) is 15.4. The molecule has 0 unspecified atom stereocenters. The summed E-state index contributed by atoms with van der Waals surface area (Å²) in [6.07, 6.45) is 6.77. The number of imidazole rings is 1. The Bertz CT molecular complexity index is 1710. The maximum Gasteiger partial charge on any atom is 0.417 e. The van der Waals surface area contributed by atoms with Crippen molar-refractivity contribution in [1.82, 2.24) is 19.5 Å². The van der Waals surface area contributed by atoms with E-state index >= 15 is 0 Å². The number of nitro benzene ring substituents is 1. The number of aromatic nitrogens is 4. The van der Waals surface area contributed by atoms with Gasteiger partial charge < -0.3 is 18.8 Å². The average molecular weight is 631 g/mol. The summed E-state index contributed by atoms with van der Waals surface area (Å²) >= 11 is 0. The number of carbonyl (C=O) groups is 2. The Morgan fingerprint density at radius 1 is 1.07 bits per heavy atom. The normalized spacial score (nSPS) is 13.7. The molecule has 4 aromatic rings. The zero-order chi connectivity index (χ0) is 32.8. The molecule has 1 aliphatic carbocycles. The van der Waals surface area contributed by atoms with Crippen molar-refractivity contribution in [2.75, 3.05) is 11.5 Å². The summed E-state index contributed by atoms with van der Waals surface area (Å²) in [5, 5.41) is 11.4. The van der Waals surface area contributed by atoms with Gasteiger partial charge in [0.15, 0.2) is 11.2 Å². The van der Waals surface area contributed by atoms with E-state index in [0.717, 1.165) is 5.56 Å². The van der Waals surface area contributed by atoms with Crippen LogP contribution in [-0.2, 0) is 27.4 Å². The van der Waals surface area contributed by atoms with E-state index in [1.807, 2.05) is 12.1 Å². The van der Waals surface area contributed by atoms with Gasteiger partial charge in [0.05, 0.1) is 30.5 Å². The van der Waals surface area contributed by atoms with E-state index < -0.39 is 22.6 Å². The third-order valence-corrected chi connectivity index (χ3v) is 7.52. The summed E-state index contributed by atoms with van der Waals surface area (Å²) in [6.45, 7) is 7.06. The summed E-state index contributed by atoms with van der Waals surface area (Å²) in [4.78, 5) is 51.9. The van der Waals surface area contributed by atoms with E-state index in [1.165, 1.54) is 77.7 Å². The lowest BCUT2D eigenvalue weighted by Gasteiger charge is -2.27. The second-order valence-electron chi connectivity index (χ2n) is 12.2. The van der Waals surface area contributed by atoms with E-state index in [0.29, 0.717) is 5.92 Å². The molecule has 46 heavy (non-hydrogen) atoms. The van der Waals surface area contributed by atoms with Crippen LogP contribution in [0.15, 0.2) is 54.9 Å². The molecule has 0 radical (unpaired) electrons. The molecule has 0 saturated heterocycles. The van der Waals surface area contributed by atoms with E-state index in [-0.39, 0.29) is 54.1 Å². The van der Waals surface area contributed by atoms with Crippen LogP contribution in [0.3, 0.4) is 0 Å². The minimum atomic E-state index is -0.821. The topological polar surface area (TPSA) is 152 Å². The predicted octanol–water partition coefficient (Wildman–Crippen LogP) is 7.08. The van der Waals surface area contributed by atoms with Crippen molar-refractivity contribution >= 4 is 34.9 Å². The number of nitro groups is 1. The number of hydrogen-bond acceptors (Lipinski definition) is 10. The Labute approximate surface area is 266 Å². The molecular formula is C33H38N6O7. The molecule has 13 heteroatoms. The number of carbonyl (C=O) groups excluding carboxylic acids is 2. The van der Waals surface area contributed by atoms with Gasteiger partial charge in [-0.3, -0.25) is 14.9 Å². The number of anilines is 1. The first kappa shape index (κ1) is 32.3. The first-order valence-electron chi connectivity index (χ1n) is 15.4. The number of esters is 1. The predicted molar refractivity (Wildman–Crippen MR) is 170 cm³/mol. The van der Waals surface area contributed by atoms with Crippen LogP contribution in [0.5, 0.6) is 11.6 Å². The number of fused-ring (bicyclic) bond motifs is 1. The molecule has 5 rings (SSSR count). The number of rotatable bonds is 10. The van der Waals surface area contributed by atoms with Crippen LogP contribution in [0, 0.1) is 10.1 Å². The Morgan fingerprint density at radius 3 is 2.48 bits per heavy atom. The van der Waals surface area contributed by atoms with Gasteiger partial charge in [-0.2, -0.15) is 9.97 Å². The summed E-state index contributed by atoms with van der Waals surface area (Å²) in [6, 6.07) is 13.8. The molecule has 2 heterocycles. The fourth-order valence-electron chi connectivity index (χ4n) is 5.38. The standard InChI is InChI=1S/C33H38N6O7/c1-5-44-27(40)20-37-21-34-28-29(37)35-31(36-30(28)45-26-13-9-12-25(18-26)39(42)43)38(32(41)46-33(2,3)4)19-22-14-16-24(17-15-22)23-10-7-6-8-11-23/h9,12-18,21,23H,5-8,10-11,19-20H2,1-4H3. The van der Waals surface area contributed by atoms with Crippen LogP contribution < -0.4 is 9.64 Å². The van der Waals surface area contributed by atoms with Crippen molar-refractivity contribution in [3.8, 4) is 11.6 Å². The van der Waals surface area contributed by atoms with Gasteiger partial charge in [-0.15, -0.1) is 0 Å². The Hall–Kier alpha value is -5.07. The molecule has 1 amide bonds.